The van der Waals surface area contributed by atoms with Gasteiger partial charge in [0.2, 0.25) is 5.91 Å². The second-order valence-corrected chi connectivity index (χ2v) is 3.95. The minimum Gasteiger partial charge on any atom is -0.480 e. The number of carboxylic acid groups (broad SMARTS) is 1. The van der Waals surface area contributed by atoms with Gasteiger partial charge in [-0.25, -0.2) is 0 Å². The molecule has 1 aliphatic carbocycles. The third-order valence-corrected chi connectivity index (χ3v) is 2.64. The molecule has 5 nitrogen and oxygen atoms in total. The van der Waals surface area contributed by atoms with Gasteiger partial charge in [0, 0.05) is 6.61 Å². The Morgan fingerprint density at radius 3 is 2.53 bits per heavy atom. The molecule has 1 unspecified atom stereocenters. The Bertz CT molecular complexity index is 260. The third-order valence-electron chi connectivity index (χ3n) is 2.64. The molecule has 1 aliphatic rings. The molecule has 1 rings (SSSR count). The molecule has 0 bridgehead atoms. The Morgan fingerprint density at radius 1 is 1.53 bits per heavy atom. The number of carboxylic acids is 1. The van der Waals surface area contributed by atoms with E-state index in [-0.39, 0.29) is 5.91 Å². The maximum atomic E-state index is 11.7. The molecule has 0 aromatic rings. The van der Waals surface area contributed by atoms with Crippen molar-refractivity contribution in [2.24, 2.45) is 5.41 Å². The molecule has 0 heterocycles. The molecule has 0 radical (unpaired) electrons. The van der Waals surface area contributed by atoms with Crippen LogP contribution in [0.25, 0.3) is 0 Å². The Morgan fingerprint density at radius 2 is 2.13 bits per heavy atom. The van der Waals surface area contributed by atoms with Crippen molar-refractivity contribution in [1.82, 2.24) is 5.32 Å². The second-order valence-electron chi connectivity index (χ2n) is 3.95. The van der Waals surface area contributed by atoms with Gasteiger partial charge in [0.05, 0.1) is 12.0 Å². The summed E-state index contributed by atoms with van der Waals surface area (Å²) in [6.45, 7) is 4.29. The molecule has 0 aromatic heterocycles. The quantitative estimate of drug-likeness (QED) is 0.672. The van der Waals surface area contributed by atoms with E-state index in [4.69, 9.17) is 9.84 Å². The second kappa shape index (κ2) is 4.61. The van der Waals surface area contributed by atoms with Gasteiger partial charge in [-0.3, -0.25) is 9.59 Å². The van der Waals surface area contributed by atoms with E-state index in [1.165, 1.54) is 6.92 Å². The van der Waals surface area contributed by atoms with Gasteiger partial charge < -0.3 is 15.2 Å². The summed E-state index contributed by atoms with van der Waals surface area (Å²) in [6, 6.07) is -0.836. The zero-order valence-corrected chi connectivity index (χ0v) is 9.08. The van der Waals surface area contributed by atoms with Crippen molar-refractivity contribution in [3.8, 4) is 0 Å². The van der Waals surface area contributed by atoms with Gasteiger partial charge in [-0.1, -0.05) is 0 Å². The van der Waals surface area contributed by atoms with Crippen molar-refractivity contribution in [2.45, 2.75) is 32.7 Å². The number of rotatable bonds is 6. The van der Waals surface area contributed by atoms with Crippen LogP contribution in [-0.4, -0.2) is 36.2 Å². The molecule has 0 saturated heterocycles. The van der Waals surface area contributed by atoms with Crippen LogP contribution >= 0.6 is 0 Å². The molecule has 1 saturated carbocycles. The van der Waals surface area contributed by atoms with Gasteiger partial charge in [0.25, 0.3) is 0 Å². The summed E-state index contributed by atoms with van der Waals surface area (Å²) in [7, 11) is 0. The van der Waals surface area contributed by atoms with Crippen molar-refractivity contribution in [3.05, 3.63) is 0 Å². The molecule has 5 heteroatoms. The molecular weight excluding hydrogens is 198 g/mol. The highest BCUT2D eigenvalue weighted by Crippen LogP contribution is 2.46. The molecule has 1 amide bonds. The molecule has 15 heavy (non-hydrogen) atoms. The SMILES string of the molecule is CCOCC1(C(=O)NC(C)C(=O)O)CC1. The largest absolute Gasteiger partial charge is 0.480 e. The maximum Gasteiger partial charge on any atom is 0.325 e. The third kappa shape index (κ3) is 2.92. The van der Waals surface area contributed by atoms with E-state index in [9.17, 15) is 9.59 Å². The predicted molar refractivity (Wildman–Crippen MR) is 53.4 cm³/mol. The van der Waals surface area contributed by atoms with Crippen LogP contribution in [-0.2, 0) is 14.3 Å². The van der Waals surface area contributed by atoms with Crippen LogP contribution in [0.3, 0.4) is 0 Å². The van der Waals surface area contributed by atoms with E-state index in [0.717, 1.165) is 12.8 Å². The summed E-state index contributed by atoms with van der Waals surface area (Å²) in [4.78, 5) is 22.2. The van der Waals surface area contributed by atoms with Crippen molar-refractivity contribution < 1.29 is 19.4 Å². The molecule has 1 fully saturated rings. The fourth-order valence-electron chi connectivity index (χ4n) is 1.30. The monoisotopic (exact) mass is 215 g/mol. The Hall–Kier alpha value is -1.10. The number of aliphatic carboxylic acids is 1. The molecule has 0 aromatic carbocycles. The van der Waals surface area contributed by atoms with Gasteiger partial charge in [-0.2, -0.15) is 0 Å². The first-order valence-corrected chi connectivity index (χ1v) is 5.13. The first kappa shape index (κ1) is 12.0. The highest BCUT2D eigenvalue weighted by Gasteiger charge is 2.50. The average molecular weight is 215 g/mol. The van der Waals surface area contributed by atoms with Gasteiger partial charge in [0.15, 0.2) is 0 Å². The standard InChI is InChI=1S/C10H17NO4/c1-3-15-6-10(4-5-10)9(14)11-7(2)8(12)13/h7H,3-6H2,1-2H3,(H,11,14)(H,12,13). The summed E-state index contributed by atoms with van der Waals surface area (Å²) >= 11 is 0. The summed E-state index contributed by atoms with van der Waals surface area (Å²) in [5.41, 5.74) is -0.459. The first-order valence-electron chi connectivity index (χ1n) is 5.13. The zero-order valence-electron chi connectivity index (χ0n) is 9.08. The zero-order chi connectivity index (χ0) is 11.5. The topological polar surface area (TPSA) is 75.6 Å². The van der Waals surface area contributed by atoms with Crippen LogP contribution in [0, 0.1) is 5.41 Å². The molecular formula is C10H17NO4. The van der Waals surface area contributed by atoms with Gasteiger partial charge >= 0.3 is 5.97 Å². The molecule has 86 valence electrons. The van der Waals surface area contributed by atoms with Crippen LogP contribution < -0.4 is 5.32 Å². The highest BCUT2D eigenvalue weighted by atomic mass is 16.5. The Balaban J connectivity index is 2.43. The van der Waals surface area contributed by atoms with Crippen LogP contribution in [0.15, 0.2) is 0 Å². The fourth-order valence-corrected chi connectivity index (χ4v) is 1.30. The smallest absolute Gasteiger partial charge is 0.325 e. The number of hydrogen-bond donors (Lipinski definition) is 2. The minimum absolute atomic E-state index is 0.203. The summed E-state index contributed by atoms with van der Waals surface area (Å²) in [5, 5.41) is 11.1. The number of carbonyl (C=O) groups excluding carboxylic acids is 1. The molecule has 0 aliphatic heterocycles. The normalized spacial score (nSPS) is 19.3. The van der Waals surface area contributed by atoms with Gasteiger partial charge in [0.1, 0.15) is 6.04 Å². The molecule has 2 N–H and O–H groups in total. The predicted octanol–water partition coefficient (Wildman–Crippen LogP) is 0.392. The van der Waals surface area contributed by atoms with E-state index in [0.29, 0.717) is 13.2 Å². The van der Waals surface area contributed by atoms with Crippen LogP contribution in [0.2, 0.25) is 0 Å². The lowest BCUT2D eigenvalue weighted by Crippen LogP contribution is -2.43. The van der Waals surface area contributed by atoms with E-state index in [1.807, 2.05) is 6.92 Å². The van der Waals surface area contributed by atoms with Crippen molar-refractivity contribution in [1.29, 1.82) is 0 Å². The number of hydrogen-bond acceptors (Lipinski definition) is 3. The summed E-state index contributed by atoms with van der Waals surface area (Å²) in [5.74, 6) is -1.22. The number of ether oxygens (including phenoxy) is 1. The lowest BCUT2D eigenvalue weighted by atomic mass is 10.1. The van der Waals surface area contributed by atoms with Crippen LogP contribution in [0.4, 0.5) is 0 Å². The Kier molecular flexibility index (Phi) is 3.68. The highest BCUT2D eigenvalue weighted by molar-refractivity contribution is 5.89. The molecule has 0 spiro atoms. The lowest BCUT2D eigenvalue weighted by molar-refractivity contribution is -0.142. The van der Waals surface area contributed by atoms with Crippen molar-refractivity contribution >= 4 is 11.9 Å². The summed E-state index contributed by atoms with van der Waals surface area (Å²) < 4.78 is 5.22. The lowest BCUT2D eigenvalue weighted by Gasteiger charge is -2.17. The van der Waals surface area contributed by atoms with E-state index >= 15 is 0 Å². The van der Waals surface area contributed by atoms with Gasteiger partial charge in [-0.05, 0) is 26.7 Å². The Labute approximate surface area is 88.8 Å². The summed E-state index contributed by atoms with van der Waals surface area (Å²) in [6.07, 6.45) is 1.57. The number of carbonyl (C=O) groups is 2. The van der Waals surface area contributed by atoms with Crippen LogP contribution in [0.1, 0.15) is 26.7 Å². The van der Waals surface area contributed by atoms with E-state index < -0.39 is 17.4 Å². The van der Waals surface area contributed by atoms with E-state index in [2.05, 4.69) is 5.32 Å². The fraction of sp³-hybridized carbons (Fsp3) is 0.800. The van der Waals surface area contributed by atoms with E-state index in [1.54, 1.807) is 0 Å². The van der Waals surface area contributed by atoms with Crippen molar-refractivity contribution in [3.63, 3.8) is 0 Å². The minimum atomic E-state index is -1.02. The number of nitrogens with one attached hydrogen (secondary N) is 1. The number of amides is 1. The van der Waals surface area contributed by atoms with Crippen molar-refractivity contribution in [2.75, 3.05) is 13.2 Å². The maximum absolute atomic E-state index is 11.7. The van der Waals surface area contributed by atoms with Gasteiger partial charge in [-0.15, -0.1) is 0 Å². The molecule has 1 atom stereocenters. The average Bonchev–Trinajstić information content (AvgIpc) is 2.95. The van der Waals surface area contributed by atoms with Crippen LogP contribution in [0.5, 0.6) is 0 Å². The first-order chi connectivity index (χ1) is 7.02.